The Morgan fingerprint density at radius 1 is 1.11 bits per heavy atom. The number of carbonyl (C=O) groups excluding carboxylic acids is 2. The van der Waals surface area contributed by atoms with E-state index >= 15 is 0 Å². The lowest BCUT2D eigenvalue weighted by Gasteiger charge is -2.56. The van der Waals surface area contributed by atoms with Gasteiger partial charge in [0.15, 0.2) is 5.75 Å². The molecule has 2 fully saturated rings. The van der Waals surface area contributed by atoms with E-state index in [1.54, 1.807) is 33.0 Å². The topological polar surface area (TPSA) is 169 Å². The van der Waals surface area contributed by atoms with Crippen molar-refractivity contribution in [3.8, 4) is 17.2 Å². The molecule has 70 heavy (non-hydrogen) atoms. The molecule has 0 amide bonds. The first-order valence-corrected chi connectivity index (χ1v) is 24.8. The number of aliphatic imine (C=N–C) groups is 1. The number of aromatic nitrogens is 2. The lowest BCUT2D eigenvalue weighted by Crippen LogP contribution is -2.65. The molecule has 0 radical (unpaired) electrons. The number of allylic oxidation sites excluding steroid dienone is 5. The molecule has 380 valence electrons. The molecule has 14 nitrogen and oxygen atoms in total. The number of hydrogen-bond acceptors (Lipinski definition) is 13. The van der Waals surface area contributed by atoms with Crippen LogP contribution in [0.5, 0.6) is 17.2 Å². The van der Waals surface area contributed by atoms with Crippen molar-refractivity contribution in [1.29, 1.82) is 0 Å². The fraction of sp³-hybridized carbons (Fsp3) is 0.571. The standard InChI is InChI=1S/C56H75N3O11/c1-15-66-54(11,12)69-37-29-42(61)47(65-30-37)36(10)67-49-39-24-26-55(13,25-16-17-31(2)3)70-48(39)38(20-18-32(4)5)50-44(49)46-45(35(9)59-28-27-57-53(59)58-46)56(51(62)33(6)7)40(21-19-34(8)52(63)64-14)41(60)22-23-43(56)68-50/h15,17-19,24,26-28,33,35,37,40,42-43,45,47,51,61-62H,1,10,16,20-23,25,29-30H2,2-9,11-14H3. The minimum absolute atomic E-state index is 0.0418. The third-order valence-corrected chi connectivity index (χ3v) is 14.7. The zero-order valence-electron chi connectivity index (χ0n) is 43.3. The Balaban J connectivity index is 1.51. The molecule has 5 heterocycles. The molecule has 5 aliphatic rings. The van der Waals surface area contributed by atoms with Gasteiger partial charge in [-0.2, -0.15) is 0 Å². The van der Waals surface area contributed by atoms with E-state index < -0.39 is 71.2 Å². The average Bonchev–Trinajstić information content (AvgIpc) is 3.72. The summed E-state index contributed by atoms with van der Waals surface area (Å²) in [7, 11) is 1.33. The zero-order valence-corrected chi connectivity index (χ0v) is 43.3. The number of aliphatic hydroxyl groups is 2. The Morgan fingerprint density at radius 2 is 1.84 bits per heavy atom. The second-order valence-corrected chi connectivity index (χ2v) is 21.2. The van der Waals surface area contributed by atoms with Crippen molar-refractivity contribution in [2.75, 3.05) is 13.7 Å². The van der Waals surface area contributed by atoms with Gasteiger partial charge in [0.2, 0.25) is 11.7 Å². The number of Topliss-reactive ketones (excluding diaryl/α,β-unsaturated/α-hetero) is 1. The van der Waals surface area contributed by atoms with Gasteiger partial charge < -0.3 is 47.9 Å². The van der Waals surface area contributed by atoms with E-state index in [0.29, 0.717) is 64.9 Å². The van der Waals surface area contributed by atoms with Gasteiger partial charge >= 0.3 is 5.97 Å². The van der Waals surface area contributed by atoms with Crippen molar-refractivity contribution in [2.45, 2.75) is 169 Å². The molecule has 14 heteroatoms. The third kappa shape index (κ3) is 10.1. The van der Waals surface area contributed by atoms with Crippen LogP contribution in [0.4, 0.5) is 5.95 Å². The number of fused-ring (bicyclic) bond motifs is 7. The quantitative estimate of drug-likeness (QED) is 0.0507. The molecule has 10 unspecified atom stereocenters. The van der Waals surface area contributed by atoms with Gasteiger partial charge in [0.1, 0.15) is 40.9 Å². The predicted molar refractivity (Wildman–Crippen MR) is 269 cm³/mol. The average molecular weight is 966 g/mol. The Morgan fingerprint density at radius 3 is 2.50 bits per heavy atom. The largest absolute Gasteiger partial charge is 0.488 e. The number of methoxy groups -OCH3 is 1. The molecule has 7 rings (SSSR count). The lowest BCUT2D eigenvalue weighted by atomic mass is 9.50. The Kier molecular flexibility index (Phi) is 15.6. The first kappa shape index (κ1) is 52.5. The van der Waals surface area contributed by atoms with Crippen LogP contribution in [0.15, 0.2) is 83.6 Å². The number of rotatable bonds is 17. The smallest absolute Gasteiger partial charge is 0.333 e. The Hall–Kier alpha value is -5.28. The highest BCUT2D eigenvalue weighted by Crippen LogP contribution is 2.63. The molecule has 10 atom stereocenters. The first-order chi connectivity index (χ1) is 33.1. The van der Waals surface area contributed by atoms with E-state index in [0.717, 1.165) is 17.6 Å². The number of aliphatic hydroxyl groups excluding tert-OH is 2. The second-order valence-electron chi connectivity index (χ2n) is 21.2. The molecule has 0 bridgehead atoms. The van der Waals surface area contributed by atoms with Gasteiger partial charge in [0.25, 0.3) is 0 Å². The van der Waals surface area contributed by atoms with Crippen molar-refractivity contribution >= 4 is 29.5 Å². The first-order valence-electron chi connectivity index (χ1n) is 24.8. The number of esters is 1. The molecule has 2 aromatic rings. The molecule has 2 N–H and O–H groups in total. The molecule has 0 spiro atoms. The van der Waals surface area contributed by atoms with Crippen LogP contribution in [-0.2, 0) is 35.0 Å². The number of benzene rings is 1. The second kappa shape index (κ2) is 20.8. The highest BCUT2D eigenvalue weighted by molar-refractivity contribution is 6.11. The van der Waals surface area contributed by atoms with E-state index in [1.165, 1.54) is 18.9 Å². The molecular weight excluding hydrogens is 891 g/mol. The zero-order chi connectivity index (χ0) is 51.0. The van der Waals surface area contributed by atoms with Crippen LogP contribution in [0.2, 0.25) is 0 Å². The molecule has 1 aromatic heterocycles. The minimum atomic E-state index is -1.32. The molecule has 1 aliphatic carbocycles. The monoisotopic (exact) mass is 966 g/mol. The fourth-order valence-corrected chi connectivity index (χ4v) is 11.4. The number of imidazole rings is 1. The maximum absolute atomic E-state index is 14.9. The van der Waals surface area contributed by atoms with Gasteiger partial charge in [-0.05, 0) is 98.6 Å². The summed E-state index contributed by atoms with van der Waals surface area (Å²) in [5.74, 6) is -1.51. The number of carbonyl (C=O) groups is 2. The van der Waals surface area contributed by atoms with E-state index in [-0.39, 0.29) is 43.3 Å². The van der Waals surface area contributed by atoms with Crippen LogP contribution in [0.3, 0.4) is 0 Å². The van der Waals surface area contributed by atoms with Gasteiger partial charge in [-0.3, -0.25) is 4.79 Å². The predicted octanol–water partition coefficient (Wildman–Crippen LogP) is 10.2. The summed E-state index contributed by atoms with van der Waals surface area (Å²) >= 11 is 0. The summed E-state index contributed by atoms with van der Waals surface area (Å²) in [5.41, 5.74) is 2.99. The summed E-state index contributed by atoms with van der Waals surface area (Å²) in [4.78, 5) is 37.9. The highest BCUT2D eigenvalue weighted by Gasteiger charge is 2.66. The number of ether oxygens (including phenoxy) is 7. The van der Waals surface area contributed by atoms with Crippen molar-refractivity contribution in [3.63, 3.8) is 0 Å². The van der Waals surface area contributed by atoms with Crippen molar-refractivity contribution in [2.24, 2.45) is 28.2 Å². The van der Waals surface area contributed by atoms with Gasteiger partial charge in [-0.15, -0.1) is 0 Å². The number of hydrogen-bond donors (Lipinski definition) is 2. The van der Waals surface area contributed by atoms with E-state index in [2.05, 4.69) is 59.1 Å². The molecule has 4 aliphatic heterocycles. The molecule has 1 saturated carbocycles. The van der Waals surface area contributed by atoms with Gasteiger partial charge in [-0.25, -0.2) is 14.8 Å². The minimum Gasteiger partial charge on any atom is -0.488 e. The summed E-state index contributed by atoms with van der Waals surface area (Å²) in [6.45, 7) is 29.7. The molecule has 1 saturated heterocycles. The van der Waals surface area contributed by atoms with Gasteiger partial charge in [-0.1, -0.05) is 56.4 Å². The van der Waals surface area contributed by atoms with Crippen molar-refractivity contribution < 1.29 is 53.0 Å². The van der Waals surface area contributed by atoms with Crippen LogP contribution >= 0.6 is 0 Å². The fourth-order valence-electron chi connectivity index (χ4n) is 11.4. The Labute approximate surface area is 414 Å². The highest BCUT2D eigenvalue weighted by atomic mass is 16.7. The molecular formula is C56H75N3O11. The van der Waals surface area contributed by atoms with E-state index in [1.807, 2.05) is 44.5 Å². The summed E-state index contributed by atoms with van der Waals surface area (Å²) in [5, 5.41) is 25.0. The van der Waals surface area contributed by atoms with Gasteiger partial charge in [0, 0.05) is 68.1 Å². The lowest BCUT2D eigenvalue weighted by molar-refractivity contribution is -0.243. The molecule has 1 aromatic carbocycles. The van der Waals surface area contributed by atoms with Gasteiger partial charge in [0.05, 0.1) is 60.5 Å². The van der Waals surface area contributed by atoms with Crippen LogP contribution < -0.4 is 14.2 Å². The van der Waals surface area contributed by atoms with E-state index in [9.17, 15) is 19.8 Å². The number of ketones is 1. The summed E-state index contributed by atoms with van der Waals surface area (Å²) in [6.07, 6.45) is 13.4. The van der Waals surface area contributed by atoms with Crippen LogP contribution in [0.1, 0.15) is 137 Å². The third-order valence-electron chi connectivity index (χ3n) is 14.7. The Bertz CT molecular complexity index is 2500. The summed E-state index contributed by atoms with van der Waals surface area (Å²) < 4.78 is 47.2. The number of nitrogens with zero attached hydrogens (tertiary/aromatic N) is 3. The van der Waals surface area contributed by atoms with E-state index in [4.69, 9.17) is 43.1 Å². The maximum Gasteiger partial charge on any atom is 0.333 e. The van der Waals surface area contributed by atoms with Crippen LogP contribution in [-0.4, -0.2) is 92.9 Å². The van der Waals surface area contributed by atoms with Crippen LogP contribution in [0.25, 0.3) is 6.08 Å². The normalized spacial score (nSPS) is 28.4. The SMILES string of the molecule is C=COC(C)(C)OC1COC(C(=C)Oc2c3c(c(CC=C(C)C)c4c2C2=Nc5nccn5C(C)C2C2(C(O)C(C)C)C(CCC(=O)C2CC=C(C)C(=O)OC)O4)OC(C)(CCC=C(C)C)C=C3)C(O)C1. The summed E-state index contributed by atoms with van der Waals surface area (Å²) in [6, 6.07) is -0.428. The van der Waals surface area contributed by atoms with Crippen molar-refractivity contribution in [3.05, 3.63) is 95.3 Å². The van der Waals surface area contributed by atoms with Crippen LogP contribution in [0, 0.1) is 23.2 Å². The van der Waals surface area contributed by atoms with Crippen molar-refractivity contribution in [1.82, 2.24) is 9.55 Å². The maximum atomic E-state index is 14.9.